The highest BCUT2D eigenvalue weighted by Gasteiger charge is 2.45. The highest BCUT2D eigenvalue weighted by atomic mass is 32.2. The third-order valence-electron chi connectivity index (χ3n) is 5.09. The van der Waals surface area contributed by atoms with E-state index in [1.54, 1.807) is 25.4 Å². The van der Waals surface area contributed by atoms with Crippen LogP contribution in [-0.2, 0) is 20.0 Å². The molecule has 1 fully saturated rings. The van der Waals surface area contributed by atoms with Gasteiger partial charge in [0.1, 0.15) is 5.69 Å². The quantitative estimate of drug-likeness (QED) is 0.759. The van der Waals surface area contributed by atoms with Crippen LogP contribution >= 0.6 is 0 Å². The topological polar surface area (TPSA) is 110 Å². The molecule has 0 unspecified atom stereocenters. The maximum Gasteiger partial charge on any atom is 0.232 e. The number of methoxy groups -OCH3 is 1. The molecule has 1 aliphatic carbocycles. The highest BCUT2D eigenvalue weighted by Crippen LogP contribution is 2.44. The SMILES string of the molecule is CNC(=O)C1(c2nc(Nc3ccc(S(C)(=O)=O)cc3)ncc2OC)CCCC1. The lowest BCUT2D eigenvalue weighted by molar-refractivity contribution is -0.126. The van der Waals surface area contributed by atoms with Crippen LogP contribution in [0.15, 0.2) is 35.4 Å². The molecule has 1 aromatic carbocycles. The first-order chi connectivity index (χ1) is 13.3. The van der Waals surface area contributed by atoms with E-state index in [2.05, 4.69) is 20.6 Å². The molecule has 9 heteroatoms. The molecule has 8 nitrogen and oxygen atoms in total. The van der Waals surface area contributed by atoms with Crippen molar-refractivity contribution in [2.75, 3.05) is 25.7 Å². The number of hydrogen-bond donors (Lipinski definition) is 2. The molecule has 2 aromatic rings. The molecule has 0 spiro atoms. The number of benzene rings is 1. The predicted molar refractivity (Wildman–Crippen MR) is 106 cm³/mol. The Morgan fingerprint density at radius 1 is 1.18 bits per heavy atom. The molecule has 3 rings (SSSR count). The third-order valence-corrected chi connectivity index (χ3v) is 6.21. The largest absolute Gasteiger partial charge is 0.493 e. The number of rotatable bonds is 6. The Hall–Kier alpha value is -2.68. The van der Waals surface area contributed by atoms with Gasteiger partial charge in [0.25, 0.3) is 0 Å². The maximum atomic E-state index is 12.7. The lowest BCUT2D eigenvalue weighted by atomic mass is 9.81. The van der Waals surface area contributed by atoms with E-state index in [4.69, 9.17) is 4.74 Å². The summed E-state index contributed by atoms with van der Waals surface area (Å²) in [5, 5.41) is 5.82. The zero-order valence-corrected chi connectivity index (χ0v) is 17.0. The number of aromatic nitrogens is 2. The van der Waals surface area contributed by atoms with Gasteiger partial charge in [-0.1, -0.05) is 12.8 Å². The molecule has 0 saturated heterocycles. The van der Waals surface area contributed by atoms with Gasteiger partial charge >= 0.3 is 0 Å². The van der Waals surface area contributed by atoms with Crippen LogP contribution in [0.5, 0.6) is 5.75 Å². The van der Waals surface area contributed by atoms with Crippen molar-refractivity contribution in [3.63, 3.8) is 0 Å². The molecule has 1 amide bonds. The summed E-state index contributed by atoms with van der Waals surface area (Å²) in [6, 6.07) is 6.33. The summed E-state index contributed by atoms with van der Waals surface area (Å²) in [6.45, 7) is 0. The first-order valence-corrected chi connectivity index (χ1v) is 10.9. The van der Waals surface area contributed by atoms with Crippen LogP contribution in [0.25, 0.3) is 0 Å². The Balaban J connectivity index is 1.96. The second kappa shape index (κ2) is 7.75. The monoisotopic (exact) mass is 404 g/mol. The molecule has 1 saturated carbocycles. The Labute approximate surface area is 164 Å². The summed E-state index contributed by atoms with van der Waals surface area (Å²) in [7, 11) is -0.103. The number of likely N-dealkylation sites (N-methyl/N-ethyl adjacent to an activating group) is 1. The van der Waals surface area contributed by atoms with Gasteiger partial charge in [-0.15, -0.1) is 0 Å². The van der Waals surface area contributed by atoms with Crippen molar-refractivity contribution in [3.8, 4) is 5.75 Å². The minimum Gasteiger partial charge on any atom is -0.493 e. The van der Waals surface area contributed by atoms with E-state index in [1.807, 2.05) is 0 Å². The van der Waals surface area contributed by atoms with Crippen LogP contribution < -0.4 is 15.4 Å². The molecular formula is C19H24N4O4S. The summed E-state index contributed by atoms with van der Waals surface area (Å²) in [6.07, 6.45) is 5.99. The standard InChI is InChI=1S/C19H24N4O4S/c1-20-17(24)19(10-4-5-11-19)16-15(27-2)12-21-18(23-16)22-13-6-8-14(9-7-13)28(3,25)26/h6-9,12H,4-5,10-11H2,1-3H3,(H,20,24)(H,21,22,23). The van der Waals surface area contributed by atoms with Crippen molar-refractivity contribution in [2.45, 2.75) is 36.0 Å². The van der Waals surface area contributed by atoms with Crippen LogP contribution in [0.1, 0.15) is 31.4 Å². The lowest BCUT2D eigenvalue weighted by Crippen LogP contribution is -2.42. The van der Waals surface area contributed by atoms with Crippen LogP contribution in [0.2, 0.25) is 0 Å². The van der Waals surface area contributed by atoms with Crippen LogP contribution in [0.4, 0.5) is 11.6 Å². The van der Waals surface area contributed by atoms with Gasteiger partial charge in [0.05, 0.1) is 23.6 Å². The van der Waals surface area contributed by atoms with Crippen molar-refractivity contribution in [2.24, 2.45) is 0 Å². The second-order valence-electron chi connectivity index (χ2n) is 6.90. The number of sulfone groups is 1. The number of carbonyl (C=O) groups is 1. The van der Waals surface area contributed by atoms with Crippen molar-refractivity contribution in [1.82, 2.24) is 15.3 Å². The van der Waals surface area contributed by atoms with Gasteiger partial charge in [-0.05, 0) is 37.1 Å². The first-order valence-electron chi connectivity index (χ1n) is 9.01. The molecule has 0 atom stereocenters. The van der Waals surface area contributed by atoms with Crippen LogP contribution in [-0.4, -0.2) is 44.7 Å². The van der Waals surface area contributed by atoms with Gasteiger partial charge in [0, 0.05) is 19.0 Å². The summed E-state index contributed by atoms with van der Waals surface area (Å²) < 4.78 is 28.6. The van der Waals surface area contributed by atoms with E-state index < -0.39 is 15.3 Å². The molecule has 1 aromatic heterocycles. The fourth-order valence-electron chi connectivity index (χ4n) is 3.63. The fourth-order valence-corrected chi connectivity index (χ4v) is 4.26. The Morgan fingerprint density at radius 2 is 1.82 bits per heavy atom. The van der Waals surface area contributed by atoms with Gasteiger partial charge in [0.15, 0.2) is 15.6 Å². The van der Waals surface area contributed by atoms with Gasteiger partial charge in [-0.25, -0.2) is 18.4 Å². The average molecular weight is 404 g/mol. The van der Waals surface area contributed by atoms with Crippen LogP contribution in [0, 0.1) is 0 Å². The van der Waals surface area contributed by atoms with Crippen molar-refractivity contribution in [3.05, 3.63) is 36.2 Å². The number of ether oxygens (including phenoxy) is 1. The van der Waals surface area contributed by atoms with E-state index in [0.29, 0.717) is 35.9 Å². The van der Waals surface area contributed by atoms with E-state index in [-0.39, 0.29) is 10.8 Å². The Morgan fingerprint density at radius 3 is 2.36 bits per heavy atom. The molecule has 0 radical (unpaired) electrons. The van der Waals surface area contributed by atoms with E-state index in [0.717, 1.165) is 19.1 Å². The summed E-state index contributed by atoms with van der Waals surface area (Å²) >= 11 is 0. The van der Waals surface area contributed by atoms with Gasteiger partial charge < -0.3 is 15.4 Å². The molecule has 0 aliphatic heterocycles. The smallest absolute Gasteiger partial charge is 0.232 e. The number of anilines is 2. The summed E-state index contributed by atoms with van der Waals surface area (Å²) in [4.78, 5) is 21.8. The minimum absolute atomic E-state index is 0.0783. The normalized spacial score (nSPS) is 15.8. The van der Waals surface area contributed by atoms with Crippen molar-refractivity contribution >= 4 is 27.4 Å². The molecule has 150 valence electrons. The molecule has 1 heterocycles. The fraction of sp³-hybridized carbons (Fsp3) is 0.421. The first kappa shape index (κ1) is 20.1. The molecule has 2 N–H and O–H groups in total. The number of amides is 1. The Kier molecular flexibility index (Phi) is 5.55. The summed E-state index contributed by atoms with van der Waals surface area (Å²) in [5.74, 6) is 0.715. The predicted octanol–water partition coefficient (Wildman–Crippen LogP) is 2.19. The minimum atomic E-state index is -3.26. The maximum absolute atomic E-state index is 12.7. The molecule has 0 bridgehead atoms. The van der Waals surface area contributed by atoms with Crippen molar-refractivity contribution < 1.29 is 17.9 Å². The lowest BCUT2D eigenvalue weighted by Gasteiger charge is -2.28. The molecule has 1 aliphatic rings. The second-order valence-corrected chi connectivity index (χ2v) is 8.92. The zero-order valence-electron chi connectivity index (χ0n) is 16.2. The van der Waals surface area contributed by atoms with E-state index in [1.165, 1.54) is 19.2 Å². The number of nitrogens with one attached hydrogen (secondary N) is 2. The Bertz CT molecular complexity index is 968. The van der Waals surface area contributed by atoms with Gasteiger partial charge in [-0.2, -0.15) is 0 Å². The van der Waals surface area contributed by atoms with Gasteiger partial charge in [-0.3, -0.25) is 4.79 Å². The zero-order chi connectivity index (χ0) is 20.4. The third kappa shape index (κ3) is 3.80. The number of nitrogens with zero attached hydrogens (tertiary/aromatic N) is 2. The van der Waals surface area contributed by atoms with Gasteiger partial charge in [0.2, 0.25) is 11.9 Å². The van der Waals surface area contributed by atoms with Crippen molar-refractivity contribution in [1.29, 1.82) is 0 Å². The summed E-state index contributed by atoms with van der Waals surface area (Å²) in [5.41, 5.74) is 0.473. The molecule has 28 heavy (non-hydrogen) atoms. The van der Waals surface area contributed by atoms with E-state index >= 15 is 0 Å². The number of carbonyl (C=O) groups excluding carboxylic acids is 1. The van der Waals surface area contributed by atoms with Crippen LogP contribution in [0.3, 0.4) is 0 Å². The van der Waals surface area contributed by atoms with E-state index in [9.17, 15) is 13.2 Å². The molecular weight excluding hydrogens is 380 g/mol. The average Bonchev–Trinajstić information content (AvgIpc) is 3.18. The number of hydrogen-bond acceptors (Lipinski definition) is 7. The highest BCUT2D eigenvalue weighted by molar-refractivity contribution is 7.90.